The summed E-state index contributed by atoms with van der Waals surface area (Å²) in [7, 11) is 0. The van der Waals surface area contributed by atoms with Crippen molar-refractivity contribution in [2.24, 2.45) is 5.92 Å². The molecule has 1 amide bonds. The van der Waals surface area contributed by atoms with Gasteiger partial charge in [-0.05, 0) is 61.1 Å². The largest absolute Gasteiger partial charge is 0.493 e. The topological polar surface area (TPSA) is 41.6 Å². The lowest BCUT2D eigenvalue weighted by atomic mass is 9.95. The zero-order chi connectivity index (χ0) is 22.1. The predicted octanol–water partition coefficient (Wildman–Crippen LogP) is 6.09. The Morgan fingerprint density at radius 2 is 1.90 bits per heavy atom. The Bertz CT molecular complexity index is 960. The minimum absolute atomic E-state index is 0.0763. The number of carbonyl (C=O) groups excluding carboxylic acids is 1. The van der Waals surface area contributed by atoms with Crippen molar-refractivity contribution in [3.8, 4) is 5.75 Å². The average Bonchev–Trinajstić information content (AvgIpc) is 3.51. The maximum atomic E-state index is 14.5. The van der Waals surface area contributed by atoms with Crippen LogP contribution in [0.4, 0.5) is 4.39 Å². The van der Waals surface area contributed by atoms with Crippen LogP contribution in [-0.4, -0.2) is 36.8 Å². The number of carbonyl (C=O) groups is 1. The lowest BCUT2D eigenvalue weighted by Gasteiger charge is -2.43. The van der Waals surface area contributed by atoms with Gasteiger partial charge in [0.1, 0.15) is 11.6 Å². The number of hydrogen-bond acceptors (Lipinski definition) is 4. The molecule has 1 saturated carbocycles. The van der Waals surface area contributed by atoms with Gasteiger partial charge in [0.15, 0.2) is 0 Å². The molecule has 1 aliphatic carbocycles. The third-order valence-electron chi connectivity index (χ3n) is 5.93. The molecule has 1 saturated heterocycles. The Labute approximate surface area is 196 Å². The van der Waals surface area contributed by atoms with Gasteiger partial charge in [-0.1, -0.05) is 35.1 Å². The smallest absolute Gasteiger partial charge is 0.264 e. The van der Waals surface area contributed by atoms with E-state index in [2.05, 4.69) is 16.5 Å². The fourth-order valence-electron chi connectivity index (χ4n) is 4.00. The predicted molar refractivity (Wildman–Crippen MR) is 125 cm³/mol. The van der Waals surface area contributed by atoms with Crippen LogP contribution >= 0.6 is 35.1 Å². The highest BCUT2D eigenvalue weighted by Gasteiger charge is 2.33. The number of halogens is 3. The van der Waals surface area contributed by atoms with Crippen molar-refractivity contribution in [2.75, 3.05) is 26.0 Å². The molecule has 4 rings (SSSR count). The van der Waals surface area contributed by atoms with Crippen molar-refractivity contribution in [1.29, 1.82) is 0 Å². The van der Waals surface area contributed by atoms with Crippen LogP contribution in [0.15, 0.2) is 30.3 Å². The minimum atomic E-state index is -0.548. The van der Waals surface area contributed by atoms with Crippen LogP contribution in [-0.2, 0) is 0 Å². The summed E-state index contributed by atoms with van der Waals surface area (Å²) in [6, 6.07) is 8.87. The van der Waals surface area contributed by atoms with Gasteiger partial charge in [-0.2, -0.15) is 0 Å². The number of ether oxygens (including phenoxy) is 1. The van der Waals surface area contributed by atoms with E-state index in [0.717, 1.165) is 49.0 Å². The molecule has 0 aromatic heterocycles. The van der Waals surface area contributed by atoms with Crippen molar-refractivity contribution in [3.05, 3.63) is 62.9 Å². The van der Waals surface area contributed by atoms with E-state index in [1.54, 1.807) is 18.4 Å². The molecule has 0 spiro atoms. The van der Waals surface area contributed by atoms with Gasteiger partial charge in [0, 0.05) is 47.4 Å². The highest BCUT2D eigenvalue weighted by Crippen LogP contribution is 2.45. The van der Waals surface area contributed by atoms with Crippen LogP contribution in [0.25, 0.3) is 0 Å². The lowest BCUT2D eigenvalue weighted by Crippen LogP contribution is -2.50. The minimum Gasteiger partial charge on any atom is -0.493 e. The lowest BCUT2D eigenvalue weighted by molar-refractivity contribution is 0.0307. The van der Waals surface area contributed by atoms with E-state index in [0.29, 0.717) is 34.2 Å². The fourth-order valence-corrected chi connectivity index (χ4v) is 4.84. The van der Waals surface area contributed by atoms with Gasteiger partial charge >= 0.3 is 0 Å². The standard InChI is InChI=1S/C23H25Cl2FN2O2S/c1-13(16-5-17(24)7-18(25)6-16)28-10-14(11-28)12-30-22-9-21(26)20(23(29)27-31-2)8-19(22)15-3-4-15/h5-9,13-15H,3-4,10-12H2,1-2H3,(H,27,29)/t13-/m0/s1. The van der Waals surface area contributed by atoms with Gasteiger partial charge < -0.3 is 4.74 Å². The average molecular weight is 483 g/mol. The summed E-state index contributed by atoms with van der Waals surface area (Å²) in [5.74, 6) is 0.318. The van der Waals surface area contributed by atoms with Gasteiger partial charge in [0.25, 0.3) is 5.91 Å². The quantitative estimate of drug-likeness (QED) is 0.462. The van der Waals surface area contributed by atoms with E-state index < -0.39 is 11.7 Å². The number of likely N-dealkylation sites (tertiary alicyclic amines) is 1. The first-order valence-electron chi connectivity index (χ1n) is 10.3. The van der Waals surface area contributed by atoms with Crippen LogP contribution in [0.3, 0.4) is 0 Å². The first-order chi connectivity index (χ1) is 14.9. The monoisotopic (exact) mass is 482 g/mol. The van der Waals surface area contributed by atoms with E-state index in [4.69, 9.17) is 27.9 Å². The van der Waals surface area contributed by atoms with Crippen LogP contribution in [0.1, 0.15) is 53.2 Å². The number of hydrogen-bond donors (Lipinski definition) is 1. The zero-order valence-corrected chi connectivity index (χ0v) is 19.8. The van der Waals surface area contributed by atoms with Gasteiger partial charge in [-0.25, -0.2) is 4.39 Å². The summed E-state index contributed by atoms with van der Waals surface area (Å²) in [5.41, 5.74) is 2.10. The Kier molecular flexibility index (Phi) is 7.01. The van der Waals surface area contributed by atoms with Crippen molar-refractivity contribution in [3.63, 3.8) is 0 Å². The number of nitrogens with zero attached hydrogens (tertiary/aromatic N) is 1. The third kappa shape index (κ3) is 5.30. The van der Waals surface area contributed by atoms with Crippen molar-refractivity contribution in [1.82, 2.24) is 9.62 Å². The first kappa shape index (κ1) is 22.7. The summed E-state index contributed by atoms with van der Waals surface area (Å²) >= 11 is 13.4. The Morgan fingerprint density at radius 1 is 1.23 bits per heavy atom. The summed E-state index contributed by atoms with van der Waals surface area (Å²) < 4.78 is 23.2. The Hall–Kier alpha value is -1.47. The molecule has 2 aliphatic rings. The summed E-state index contributed by atoms with van der Waals surface area (Å²) in [6.07, 6.45) is 3.82. The summed E-state index contributed by atoms with van der Waals surface area (Å²) in [4.78, 5) is 14.5. The molecule has 2 aromatic rings. The van der Waals surface area contributed by atoms with E-state index in [1.165, 1.54) is 6.07 Å². The molecule has 0 bridgehead atoms. The van der Waals surface area contributed by atoms with Crippen LogP contribution in [0.5, 0.6) is 5.75 Å². The molecule has 2 aromatic carbocycles. The summed E-state index contributed by atoms with van der Waals surface area (Å²) in [6.45, 7) is 4.44. The second kappa shape index (κ2) is 9.57. The first-order valence-corrected chi connectivity index (χ1v) is 12.3. The van der Waals surface area contributed by atoms with Gasteiger partial charge in [-0.15, -0.1) is 0 Å². The molecular formula is C23H25Cl2FN2O2S. The Morgan fingerprint density at radius 3 is 2.52 bits per heavy atom. The van der Waals surface area contributed by atoms with Crippen molar-refractivity contribution < 1.29 is 13.9 Å². The van der Waals surface area contributed by atoms with E-state index >= 15 is 0 Å². The van der Waals surface area contributed by atoms with Crippen LogP contribution in [0, 0.1) is 11.7 Å². The molecule has 1 N–H and O–H groups in total. The Balaban J connectivity index is 1.37. The van der Waals surface area contributed by atoms with E-state index in [1.807, 2.05) is 12.1 Å². The molecule has 4 nitrogen and oxygen atoms in total. The van der Waals surface area contributed by atoms with E-state index in [-0.39, 0.29) is 11.6 Å². The van der Waals surface area contributed by atoms with Crippen molar-refractivity contribution >= 4 is 41.1 Å². The van der Waals surface area contributed by atoms with Gasteiger partial charge in [0.2, 0.25) is 0 Å². The molecule has 1 aliphatic heterocycles. The second-order valence-electron chi connectivity index (χ2n) is 8.29. The van der Waals surface area contributed by atoms with Crippen molar-refractivity contribution in [2.45, 2.75) is 31.7 Å². The number of amides is 1. The zero-order valence-electron chi connectivity index (χ0n) is 17.5. The highest BCUT2D eigenvalue weighted by atomic mass is 35.5. The van der Waals surface area contributed by atoms with Crippen LogP contribution < -0.4 is 9.46 Å². The second-order valence-corrected chi connectivity index (χ2v) is 9.77. The molecule has 0 radical (unpaired) electrons. The fraction of sp³-hybridized carbons (Fsp3) is 0.435. The SMILES string of the molecule is CSNC(=O)c1cc(C2CC2)c(OCC2CN([C@@H](C)c3cc(Cl)cc(Cl)c3)C2)cc1F. The van der Waals surface area contributed by atoms with Gasteiger partial charge in [0.05, 0.1) is 12.2 Å². The number of nitrogens with one attached hydrogen (secondary N) is 1. The molecule has 31 heavy (non-hydrogen) atoms. The normalized spacial score (nSPS) is 17.8. The van der Waals surface area contributed by atoms with E-state index in [9.17, 15) is 9.18 Å². The maximum Gasteiger partial charge on any atom is 0.264 e. The molecule has 0 unspecified atom stereocenters. The molecule has 2 fully saturated rings. The summed E-state index contributed by atoms with van der Waals surface area (Å²) in [5, 5.41) is 1.28. The molecular weight excluding hydrogens is 458 g/mol. The number of rotatable bonds is 8. The third-order valence-corrected chi connectivity index (χ3v) is 6.76. The molecule has 1 heterocycles. The van der Waals surface area contributed by atoms with Gasteiger partial charge in [-0.3, -0.25) is 14.4 Å². The number of benzene rings is 2. The maximum absolute atomic E-state index is 14.5. The highest BCUT2D eigenvalue weighted by molar-refractivity contribution is 7.97. The van der Waals surface area contributed by atoms with Crippen LogP contribution in [0.2, 0.25) is 10.0 Å². The molecule has 166 valence electrons. The molecule has 8 heteroatoms. The molecule has 1 atom stereocenters.